The average Bonchev–Trinajstić information content (AvgIpc) is 3.22. The third-order valence-corrected chi connectivity index (χ3v) is 5.92. The first kappa shape index (κ1) is 26.0. The van der Waals surface area contributed by atoms with E-state index in [9.17, 15) is 19.1 Å². The maximum atomic E-state index is 14.5. The molecular weight excluding hydrogens is 507 g/mol. The van der Waals surface area contributed by atoms with Gasteiger partial charge in [0.05, 0.1) is 41.2 Å². The van der Waals surface area contributed by atoms with Crippen molar-refractivity contribution in [3.63, 3.8) is 0 Å². The highest BCUT2D eigenvalue weighted by atomic mass is 35.5. The lowest BCUT2D eigenvalue weighted by atomic mass is 10.2. The molecule has 4 rings (SSSR count). The number of carbonyl (C=O) groups excluding carboxylic acids is 1. The Morgan fingerprint density at radius 3 is 2.68 bits per heavy atom. The van der Waals surface area contributed by atoms with Crippen LogP contribution in [0.3, 0.4) is 0 Å². The first-order valence-corrected chi connectivity index (χ1v) is 11.5. The number of hydrogen-bond acceptors (Lipinski definition) is 7. The van der Waals surface area contributed by atoms with Gasteiger partial charge in [-0.1, -0.05) is 17.7 Å². The number of H-pyrrole nitrogens is 1. The van der Waals surface area contributed by atoms with E-state index in [1.165, 1.54) is 43.0 Å². The highest BCUT2D eigenvalue weighted by Gasteiger charge is 2.20. The fourth-order valence-electron chi connectivity index (χ4n) is 3.76. The third kappa shape index (κ3) is 5.23. The number of pyridine rings is 1. The molecule has 2 heterocycles. The predicted octanol–water partition coefficient (Wildman–Crippen LogP) is 3.02. The first-order chi connectivity index (χ1) is 17.8. The van der Waals surface area contributed by atoms with Gasteiger partial charge in [0.1, 0.15) is 18.2 Å². The number of methoxy groups -OCH3 is 1. The lowest BCUT2D eigenvalue weighted by Crippen LogP contribution is -2.25. The summed E-state index contributed by atoms with van der Waals surface area (Å²) in [7, 11) is 2.87. The summed E-state index contributed by atoms with van der Waals surface area (Å²) in [5.41, 5.74) is 1.62. The van der Waals surface area contributed by atoms with Crippen molar-refractivity contribution in [1.82, 2.24) is 19.9 Å². The summed E-state index contributed by atoms with van der Waals surface area (Å²) in [5.74, 6) is -0.465. The first-order valence-electron chi connectivity index (χ1n) is 11.1. The molecule has 0 bridgehead atoms. The van der Waals surface area contributed by atoms with Crippen molar-refractivity contribution in [2.45, 2.75) is 20.1 Å². The Balaban J connectivity index is 1.83. The number of benzene rings is 2. The Labute approximate surface area is 215 Å². The third-order valence-electron chi connectivity index (χ3n) is 5.62. The zero-order chi connectivity index (χ0) is 26.7. The minimum Gasteiger partial charge on any atom is -0.496 e. The van der Waals surface area contributed by atoms with Gasteiger partial charge in [-0.05, 0) is 30.7 Å². The SMILES string of the molecule is CNC(=O)COc1cc(Cl)c(-n2c(=O)[nH]c3c(C)cc(CO)nc32)cc1OCc1c(F)cccc1OC. The van der Waals surface area contributed by atoms with Crippen LogP contribution in [0, 0.1) is 12.7 Å². The van der Waals surface area contributed by atoms with E-state index in [0.717, 1.165) is 0 Å². The summed E-state index contributed by atoms with van der Waals surface area (Å²) in [6.45, 7) is 0.868. The molecule has 10 nitrogen and oxygen atoms in total. The van der Waals surface area contributed by atoms with E-state index in [1.807, 2.05) is 0 Å². The number of fused-ring (bicyclic) bond motifs is 1. The molecule has 4 aromatic rings. The van der Waals surface area contributed by atoms with Gasteiger partial charge >= 0.3 is 5.69 Å². The summed E-state index contributed by atoms with van der Waals surface area (Å²) in [6.07, 6.45) is 0. The molecule has 194 valence electrons. The van der Waals surface area contributed by atoms with Gasteiger partial charge in [-0.15, -0.1) is 0 Å². The van der Waals surface area contributed by atoms with Gasteiger partial charge in [-0.25, -0.2) is 18.7 Å². The largest absolute Gasteiger partial charge is 0.496 e. The minimum atomic E-state index is -0.537. The van der Waals surface area contributed by atoms with E-state index in [1.54, 1.807) is 19.1 Å². The smallest absolute Gasteiger partial charge is 0.332 e. The number of aromatic nitrogens is 3. The quantitative estimate of drug-likeness (QED) is 0.303. The molecule has 0 aliphatic carbocycles. The van der Waals surface area contributed by atoms with E-state index >= 15 is 0 Å². The van der Waals surface area contributed by atoms with Crippen LogP contribution in [-0.4, -0.2) is 46.3 Å². The zero-order valence-corrected chi connectivity index (χ0v) is 21.0. The summed E-state index contributed by atoms with van der Waals surface area (Å²) < 4.78 is 32.5. The number of aliphatic hydroxyl groups is 1. The number of carbonyl (C=O) groups is 1. The number of imidazole rings is 1. The zero-order valence-electron chi connectivity index (χ0n) is 20.2. The van der Waals surface area contributed by atoms with E-state index in [0.29, 0.717) is 16.8 Å². The van der Waals surface area contributed by atoms with Crippen molar-refractivity contribution in [3.8, 4) is 22.9 Å². The second kappa shape index (κ2) is 10.9. The van der Waals surface area contributed by atoms with Crippen molar-refractivity contribution >= 4 is 28.7 Å². The monoisotopic (exact) mass is 530 g/mol. The van der Waals surface area contributed by atoms with Crippen LogP contribution in [0.2, 0.25) is 5.02 Å². The lowest BCUT2D eigenvalue weighted by Gasteiger charge is -2.17. The van der Waals surface area contributed by atoms with Gasteiger partial charge in [0.25, 0.3) is 5.91 Å². The fraction of sp³-hybridized carbons (Fsp3) is 0.240. The standard InChI is InChI=1S/C25H24ClFN4O6/c1-13-7-14(10-32)29-24-23(13)30-25(34)31(24)18-9-21(20(8-16(18)26)37-12-22(33)28-2)36-11-15-17(27)5-4-6-19(15)35-3/h4-9,32H,10-12H2,1-3H3,(H,28,33)(H,30,34). The topological polar surface area (TPSA) is 128 Å². The van der Waals surface area contributed by atoms with E-state index < -0.39 is 17.4 Å². The summed E-state index contributed by atoms with van der Waals surface area (Å²) >= 11 is 6.55. The van der Waals surface area contributed by atoms with Gasteiger partial charge in [-0.2, -0.15) is 0 Å². The number of aromatic amines is 1. The molecule has 1 amide bonds. The fourth-order valence-corrected chi connectivity index (χ4v) is 4.00. The van der Waals surface area contributed by atoms with Crippen molar-refractivity contribution in [2.75, 3.05) is 20.8 Å². The Kier molecular flexibility index (Phi) is 7.65. The molecule has 2 aromatic heterocycles. The van der Waals surface area contributed by atoms with Crippen LogP contribution < -0.4 is 25.2 Å². The number of halogens is 2. The van der Waals surface area contributed by atoms with Crippen LogP contribution in [0.15, 0.2) is 41.2 Å². The molecule has 0 saturated heterocycles. The Hall–Kier alpha value is -4.09. The van der Waals surface area contributed by atoms with Crippen molar-refractivity contribution in [1.29, 1.82) is 0 Å². The second-order valence-electron chi connectivity index (χ2n) is 7.97. The number of amides is 1. The van der Waals surface area contributed by atoms with Crippen LogP contribution in [-0.2, 0) is 18.0 Å². The van der Waals surface area contributed by atoms with Crippen molar-refractivity contribution in [3.05, 3.63) is 74.5 Å². The number of hydrogen-bond donors (Lipinski definition) is 3. The molecule has 0 fully saturated rings. The lowest BCUT2D eigenvalue weighted by molar-refractivity contribution is -0.122. The number of nitrogens with one attached hydrogen (secondary N) is 2. The molecule has 0 spiro atoms. The summed E-state index contributed by atoms with van der Waals surface area (Å²) in [4.78, 5) is 31.9. The number of rotatable bonds is 9. The highest BCUT2D eigenvalue weighted by molar-refractivity contribution is 6.32. The van der Waals surface area contributed by atoms with Crippen LogP contribution in [0.1, 0.15) is 16.8 Å². The molecular formula is C25H24ClFN4O6. The molecule has 0 saturated carbocycles. The molecule has 0 unspecified atom stereocenters. The summed E-state index contributed by atoms with van der Waals surface area (Å²) in [6, 6.07) is 8.87. The number of aliphatic hydroxyl groups excluding tert-OH is 1. The number of nitrogens with zero attached hydrogens (tertiary/aromatic N) is 2. The normalized spacial score (nSPS) is 11.0. The van der Waals surface area contributed by atoms with E-state index in [-0.39, 0.29) is 59.0 Å². The van der Waals surface area contributed by atoms with Crippen molar-refractivity contribution in [2.24, 2.45) is 0 Å². The maximum Gasteiger partial charge on any atom is 0.332 e. The Bertz CT molecular complexity index is 1530. The van der Waals surface area contributed by atoms with Gasteiger partial charge in [0.2, 0.25) is 0 Å². The Morgan fingerprint density at radius 2 is 1.97 bits per heavy atom. The molecule has 2 aromatic carbocycles. The summed E-state index contributed by atoms with van der Waals surface area (Å²) in [5, 5.41) is 12.1. The molecule has 0 aliphatic rings. The second-order valence-corrected chi connectivity index (χ2v) is 8.38. The molecule has 0 atom stereocenters. The maximum absolute atomic E-state index is 14.5. The Morgan fingerprint density at radius 1 is 1.22 bits per heavy atom. The van der Waals surface area contributed by atoms with E-state index in [2.05, 4.69) is 15.3 Å². The number of aryl methyl sites for hydroxylation is 1. The van der Waals surface area contributed by atoms with Gasteiger partial charge in [0.15, 0.2) is 23.8 Å². The van der Waals surface area contributed by atoms with Gasteiger partial charge in [0, 0.05) is 19.2 Å². The molecule has 37 heavy (non-hydrogen) atoms. The molecule has 0 radical (unpaired) electrons. The van der Waals surface area contributed by atoms with Gasteiger partial charge < -0.3 is 29.6 Å². The van der Waals surface area contributed by atoms with Crippen LogP contribution in [0.25, 0.3) is 16.9 Å². The molecule has 0 aliphatic heterocycles. The van der Waals surface area contributed by atoms with Crippen LogP contribution >= 0.6 is 11.6 Å². The van der Waals surface area contributed by atoms with E-state index in [4.69, 9.17) is 25.8 Å². The van der Waals surface area contributed by atoms with Crippen LogP contribution in [0.4, 0.5) is 4.39 Å². The minimum absolute atomic E-state index is 0.0879. The predicted molar refractivity (Wildman–Crippen MR) is 134 cm³/mol. The number of likely N-dealkylation sites (N-methyl/N-ethyl adjacent to an activating group) is 1. The molecule has 3 N–H and O–H groups in total. The van der Waals surface area contributed by atoms with Crippen LogP contribution in [0.5, 0.6) is 17.2 Å². The highest BCUT2D eigenvalue weighted by Crippen LogP contribution is 2.37. The van der Waals surface area contributed by atoms with Crippen molar-refractivity contribution < 1.29 is 28.5 Å². The molecule has 12 heteroatoms. The van der Waals surface area contributed by atoms with Gasteiger partial charge in [-0.3, -0.25) is 4.79 Å². The average molecular weight is 531 g/mol. The number of ether oxygens (including phenoxy) is 3.